The van der Waals surface area contributed by atoms with E-state index in [0.29, 0.717) is 11.8 Å². The van der Waals surface area contributed by atoms with Gasteiger partial charge in [0.25, 0.3) is 0 Å². The van der Waals surface area contributed by atoms with Crippen LogP contribution in [0.1, 0.15) is 25.7 Å². The second-order valence-electron chi connectivity index (χ2n) is 3.96. The van der Waals surface area contributed by atoms with Crippen molar-refractivity contribution in [1.82, 2.24) is 4.90 Å². The van der Waals surface area contributed by atoms with Crippen LogP contribution in [0.15, 0.2) is 0 Å². The van der Waals surface area contributed by atoms with Crippen molar-refractivity contribution in [3.05, 3.63) is 0 Å². The highest BCUT2D eigenvalue weighted by atomic mass is 35.5. The first-order chi connectivity index (χ1) is 5.77. The van der Waals surface area contributed by atoms with Crippen molar-refractivity contribution in [3.63, 3.8) is 0 Å². The van der Waals surface area contributed by atoms with Gasteiger partial charge in [-0.15, -0.1) is 12.4 Å². The van der Waals surface area contributed by atoms with Gasteiger partial charge in [-0.3, -0.25) is 4.79 Å². The highest BCUT2D eigenvalue weighted by Gasteiger charge is 2.32. The summed E-state index contributed by atoms with van der Waals surface area (Å²) in [5.41, 5.74) is 5.73. The molecule has 3 nitrogen and oxygen atoms in total. The first kappa shape index (κ1) is 10.8. The van der Waals surface area contributed by atoms with Crippen LogP contribution in [0.25, 0.3) is 0 Å². The lowest BCUT2D eigenvalue weighted by molar-refractivity contribution is -0.137. The number of amides is 1. The Kier molecular flexibility index (Phi) is 3.56. The number of hydrogen-bond acceptors (Lipinski definition) is 2. The van der Waals surface area contributed by atoms with E-state index in [4.69, 9.17) is 5.73 Å². The molecule has 1 saturated carbocycles. The third-order valence-electron chi connectivity index (χ3n) is 2.99. The summed E-state index contributed by atoms with van der Waals surface area (Å²) in [6.07, 6.45) is 4.42. The van der Waals surface area contributed by atoms with Crippen LogP contribution in [-0.2, 0) is 4.79 Å². The van der Waals surface area contributed by atoms with Gasteiger partial charge < -0.3 is 10.6 Å². The second-order valence-corrected chi connectivity index (χ2v) is 3.96. The summed E-state index contributed by atoms with van der Waals surface area (Å²) in [6, 6.07) is 0.231. The zero-order valence-corrected chi connectivity index (χ0v) is 8.55. The van der Waals surface area contributed by atoms with Crippen LogP contribution < -0.4 is 5.73 Å². The fourth-order valence-corrected chi connectivity index (χ4v) is 1.90. The molecule has 2 N–H and O–H groups in total. The van der Waals surface area contributed by atoms with E-state index < -0.39 is 0 Å². The molecule has 2 fully saturated rings. The minimum Gasteiger partial charge on any atom is -0.341 e. The fourth-order valence-electron chi connectivity index (χ4n) is 1.90. The van der Waals surface area contributed by atoms with E-state index in [1.807, 2.05) is 4.90 Å². The molecule has 4 heteroatoms. The van der Waals surface area contributed by atoms with E-state index in [2.05, 4.69) is 0 Å². The van der Waals surface area contributed by atoms with Gasteiger partial charge in [0.2, 0.25) is 5.91 Å². The van der Waals surface area contributed by atoms with E-state index in [9.17, 15) is 4.79 Å². The number of carbonyl (C=O) groups is 1. The predicted octanol–water partition coefficient (Wildman–Crippen LogP) is 0.768. The molecule has 0 spiro atoms. The van der Waals surface area contributed by atoms with Gasteiger partial charge in [0.1, 0.15) is 0 Å². The average molecular weight is 205 g/mol. The van der Waals surface area contributed by atoms with Gasteiger partial charge in [-0.1, -0.05) is 6.42 Å². The average Bonchev–Trinajstić information content (AvgIpc) is 2.31. The summed E-state index contributed by atoms with van der Waals surface area (Å²) in [5.74, 6) is 0.699. The smallest absolute Gasteiger partial charge is 0.225 e. The van der Waals surface area contributed by atoms with Crippen LogP contribution in [-0.4, -0.2) is 29.9 Å². The zero-order chi connectivity index (χ0) is 8.55. The Balaban J connectivity index is 0.000000845. The van der Waals surface area contributed by atoms with Crippen LogP contribution in [0, 0.1) is 5.92 Å². The number of hydrogen-bond donors (Lipinski definition) is 1. The third-order valence-corrected chi connectivity index (χ3v) is 2.99. The Bertz CT molecular complexity index is 194. The van der Waals surface area contributed by atoms with Gasteiger partial charge in [0.15, 0.2) is 0 Å². The molecule has 1 aliphatic heterocycles. The summed E-state index contributed by atoms with van der Waals surface area (Å²) in [5, 5.41) is 0. The highest BCUT2D eigenvalue weighted by molar-refractivity contribution is 5.85. The summed E-state index contributed by atoms with van der Waals surface area (Å²) in [7, 11) is 0. The number of nitrogens with zero attached hydrogens (tertiary/aromatic N) is 1. The quantitative estimate of drug-likeness (QED) is 0.686. The molecule has 0 aromatic heterocycles. The maximum Gasteiger partial charge on any atom is 0.225 e. The number of nitrogens with two attached hydrogens (primary N) is 1. The van der Waals surface area contributed by atoms with Gasteiger partial charge in [-0.2, -0.15) is 0 Å². The van der Waals surface area contributed by atoms with Gasteiger partial charge >= 0.3 is 0 Å². The van der Waals surface area contributed by atoms with Gasteiger partial charge in [0.05, 0.1) is 0 Å². The lowest BCUT2D eigenvalue weighted by Crippen LogP contribution is -2.38. The topological polar surface area (TPSA) is 46.3 Å². The Morgan fingerprint density at radius 1 is 1.31 bits per heavy atom. The first-order valence-corrected chi connectivity index (χ1v) is 4.82. The minimum absolute atomic E-state index is 0. The van der Waals surface area contributed by atoms with Gasteiger partial charge in [-0.25, -0.2) is 0 Å². The molecule has 0 bridgehead atoms. The molecular weight excluding hydrogens is 188 g/mol. The van der Waals surface area contributed by atoms with Gasteiger partial charge in [0, 0.05) is 25.0 Å². The second kappa shape index (κ2) is 4.29. The number of likely N-dealkylation sites (tertiary alicyclic amines) is 1. The van der Waals surface area contributed by atoms with Crippen molar-refractivity contribution in [2.24, 2.45) is 11.7 Å². The predicted molar refractivity (Wildman–Crippen MR) is 53.8 cm³/mol. The summed E-state index contributed by atoms with van der Waals surface area (Å²) in [4.78, 5) is 13.6. The number of rotatable bonds is 1. The molecule has 2 rings (SSSR count). The molecule has 13 heavy (non-hydrogen) atoms. The fraction of sp³-hybridized carbons (Fsp3) is 0.889. The molecule has 1 atom stereocenters. The molecule has 1 aliphatic carbocycles. The van der Waals surface area contributed by atoms with Crippen LogP contribution in [0.2, 0.25) is 0 Å². The summed E-state index contributed by atoms with van der Waals surface area (Å²) < 4.78 is 0. The van der Waals surface area contributed by atoms with E-state index in [1.54, 1.807) is 0 Å². The highest BCUT2D eigenvalue weighted by Crippen LogP contribution is 2.29. The third kappa shape index (κ3) is 2.15. The largest absolute Gasteiger partial charge is 0.341 e. The lowest BCUT2D eigenvalue weighted by atomic mass is 9.84. The number of carbonyl (C=O) groups excluding carboxylic acids is 1. The molecule has 0 unspecified atom stereocenters. The van der Waals surface area contributed by atoms with Crippen molar-refractivity contribution >= 4 is 18.3 Å². The molecule has 1 heterocycles. The molecule has 2 aliphatic rings. The maximum atomic E-state index is 11.6. The van der Waals surface area contributed by atoms with Crippen LogP contribution in [0.3, 0.4) is 0 Å². The molecule has 1 saturated heterocycles. The molecular formula is C9H17ClN2O. The van der Waals surface area contributed by atoms with Gasteiger partial charge in [-0.05, 0) is 19.3 Å². The zero-order valence-electron chi connectivity index (χ0n) is 7.74. The van der Waals surface area contributed by atoms with Crippen LogP contribution in [0.5, 0.6) is 0 Å². The maximum absolute atomic E-state index is 11.6. The Morgan fingerprint density at radius 2 is 2.00 bits per heavy atom. The number of halogens is 1. The van der Waals surface area contributed by atoms with Crippen molar-refractivity contribution in [2.45, 2.75) is 31.7 Å². The molecule has 0 aromatic carbocycles. The molecule has 1 amide bonds. The van der Waals surface area contributed by atoms with Crippen LogP contribution in [0.4, 0.5) is 0 Å². The standard InChI is InChI=1S/C9H16N2O.ClH/c10-8-4-5-11(6-8)9(12)7-2-1-3-7;/h7-8H,1-6,10H2;1H/t8-;/m1./s1. The minimum atomic E-state index is 0. The monoisotopic (exact) mass is 204 g/mol. The van der Waals surface area contributed by atoms with E-state index in [0.717, 1.165) is 32.4 Å². The van der Waals surface area contributed by atoms with Crippen molar-refractivity contribution in [2.75, 3.05) is 13.1 Å². The normalized spacial score (nSPS) is 28.1. The Labute approximate surface area is 85.1 Å². The SMILES string of the molecule is Cl.N[C@@H]1CCN(C(=O)C2CCC2)C1. The summed E-state index contributed by atoms with van der Waals surface area (Å²) in [6.45, 7) is 1.67. The lowest BCUT2D eigenvalue weighted by Gasteiger charge is -2.28. The Morgan fingerprint density at radius 3 is 2.38 bits per heavy atom. The van der Waals surface area contributed by atoms with Crippen molar-refractivity contribution in [1.29, 1.82) is 0 Å². The van der Waals surface area contributed by atoms with E-state index >= 15 is 0 Å². The van der Waals surface area contributed by atoms with Crippen molar-refractivity contribution in [3.8, 4) is 0 Å². The molecule has 0 aromatic rings. The van der Waals surface area contributed by atoms with Crippen LogP contribution >= 0.6 is 12.4 Å². The van der Waals surface area contributed by atoms with E-state index in [-0.39, 0.29) is 18.4 Å². The summed E-state index contributed by atoms with van der Waals surface area (Å²) >= 11 is 0. The van der Waals surface area contributed by atoms with E-state index in [1.165, 1.54) is 6.42 Å². The first-order valence-electron chi connectivity index (χ1n) is 4.82. The molecule has 76 valence electrons. The van der Waals surface area contributed by atoms with Crippen molar-refractivity contribution < 1.29 is 4.79 Å². The Hall–Kier alpha value is -0.280. The molecule has 0 radical (unpaired) electrons.